The third kappa shape index (κ3) is 3.00. The van der Waals surface area contributed by atoms with Gasteiger partial charge in [-0.25, -0.2) is 0 Å². The number of rotatable bonds is 2. The van der Waals surface area contributed by atoms with E-state index >= 15 is 0 Å². The highest BCUT2D eigenvalue weighted by atomic mass is 35.5. The quantitative estimate of drug-likeness (QED) is 0.484. The second-order valence-corrected chi connectivity index (χ2v) is 3.21. The number of nitrogens with zero attached hydrogens (tertiary/aromatic N) is 1. The molecule has 0 fully saturated rings. The minimum Gasteiger partial charge on any atom is -0.411 e. The van der Waals surface area contributed by atoms with Crippen molar-refractivity contribution >= 4 is 23.4 Å². The van der Waals surface area contributed by atoms with Gasteiger partial charge in [-0.05, 0) is 5.56 Å². The van der Waals surface area contributed by atoms with Crippen LogP contribution >= 0.6 is 11.6 Å². The Hall–Kier alpha value is -1.49. The number of alkyl halides is 3. The zero-order valence-electron chi connectivity index (χ0n) is 7.87. The lowest BCUT2D eigenvalue weighted by atomic mass is 10.1. The van der Waals surface area contributed by atoms with Crippen LogP contribution in [0.4, 0.5) is 13.2 Å². The molecular formula is C10H7ClF3NO. The van der Waals surface area contributed by atoms with Crippen molar-refractivity contribution in [3.63, 3.8) is 0 Å². The number of halogens is 4. The fraction of sp³-hybridized carbons (Fsp3) is 0.100. The molecule has 0 aromatic heterocycles. The topological polar surface area (TPSA) is 32.6 Å². The van der Waals surface area contributed by atoms with Crippen molar-refractivity contribution in [2.24, 2.45) is 5.16 Å². The fourth-order valence-electron chi connectivity index (χ4n) is 1.09. The second kappa shape index (κ2) is 5.03. The third-order valence-corrected chi connectivity index (χ3v) is 2.17. The highest BCUT2D eigenvalue weighted by Gasteiger charge is 2.35. The molecule has 0 bridgehead atoms. The molecule has 0 aliphatic carbocycles. The van der Waals surface area contributed by atoms with Gasteiger partial charge in [0, 0.05) is 5.57 Å². The predicted molar refractivity (Wildman–Crippen MR) is 55.5 cm³/mol. The van der Waals surface area contributed by atoms with Crippen LogP contribution in [0.25, 0.3) is 5.57 Å². The van der Waals surface area contributed by atoms with Crippen LogP contribution in [0, 0.1) is 0 Å². The summed E-state index contributed by atoms with van der Waals surface area (Å²) in [6.45, 7) is 0. The number of allylic oxidation sites excluding steroid dienone is 2. The average Bonchev–Trinajstić information content (AvgIpc) is 2.25. The van der Waals surface area contributed by atoms with Gasteiger partial charge in [-0.2, -0.15) is 13.2 Å². The fourth-order valence-corrected chi connectivity index (χ4v) is 1.24. The smallest absolute Gasteiger partial charge is 0.411 e. The van der Waals surface area contributed by atoms with Gasteiger partial charge in [0.05, 0.1) is 6.21 Å². The first-order valence-electron chi connectivity index (χ1n) is 4.16. The van der Waals surface area contributed by atoms with Gasteiger partial charge in [-0.1, -0.05) is 47.1 Å². The minimum atomic E-state index is -4.67. The maximum absolute atomic E-state index is 12.4. The van der Waals surface area contributed by atoms with E-state index in [0.29, 0.717) is 6.21 Å². The van der Waals surface area contributed by atoms with Gasteiger partial charge in [0.1, 0.15) is 5.03 Å². The Morgan fingerprint density at radius 3 is 2.25 bits per heavy atom. The first-order valence-corrected chi connectivity index (χ1v) is 4.54. The van der Waals surface area contributed by atoms with E-state index in [-0.39, 0.29) is 11.1 Å². The molecule has 0 heterocycles. The van der Waals surface area contributed by atoms with Gasteiger partial charge < -0.3 is 5.21 Å². The van der Waals surface area contributed by atoms with Gasteiger partial charge in [-0.3, -0.25) is 0 Å². The van der Waals surface area contributed by atoms with Gasteiger partial charge in [0.25, 0.3) is 0 Å². The molecule has 0 saturated carbocycles. The Bertz CT molecular complexity index is 412. The zero-order valence-corrected chi connectivity index (χ0v) is 8.63. The zero-order chi connectivity index (χ0) is 12.2. The molecule has 0 atom stereocenters. The first-order chi connectivity index (χ1) is 7.46. The molecule has 1 rings (SSSR count). The Morgan fingerprint density at radius 1 is 1.25 bits per heavy atom. The first kappa shape index (κ1) is 12.6. The van der Waals surface area contributed by atoms with E-state index in [2.05, 4.69) is 5.16 Å². The van der Waals surface area contributed by atoms with Gasteiger partial charge in [0.2, 0.25) is 0 Å². The molecule has 86 valence electrons. The summed E-state index contributed by atoms with van der Waals surface area (Å²) in [6.07, 6.45) is -4.01. The van der Waals surface area contributed by atoms with Crippen LogP contribution in [0.2, 0.25) is 0 Å². The summed E-state index contributed by atoms with van der Waals surface area (Å²) in [5, 5.41) is 9.58. The standard InChI is InChI=1S/C10H7ClF3NO/c11-9(10(12,13)14)8(6-15-16)7-4-2-1-3-5-7/h1-6,16H/b9-8-,15-6-. The van der Waals surface area contributed by atoms with E-state index in [1.807, 2.05) is 0 Å². The highest BCUT2D eigenvalue weighted by molar-refractivity contribution is 6.37. The Labute approximate surface area is 94.6 Å². The maximum Gasteiger partial charge on any atom is 0.427 e. The Morgan fingerprint density at radius 2 is 1.81 bits per heavy atom. The number of oxime groups is 1. The highest BCUT2D eigenvalue weighted by Crippen LogP contribution is 2.34. The molecule has 0 saturated heterocycles. The van der Waals surface area contributed by atoms with Gasteiger partial charge in [0.15, 0.2) is 0 Å². The molecule has 2 nitrogen and oxygen atoms in total. The van der Waals surface area contributed by atoms with Gasteiger partial charge in [-0.15, -0.1) is 0 Å². The largest absolute Gasteiger partial charge is 0.427 e. The summed E-state index contributed by atoms with van der Waals surface area (Å²) >= 11 is 5.19. The van der Waals surface area contributed by atoms with Crippen LogP contribution < -0.4 is 0 Å². The summed E-state index contributed by atoms with van der Waals surface area (Å²) in [5.41, 5.74) is -0.153. The van der Waals surface area contributed by atoms with Crippen molar-refractivity contribution in [1.82, 2.24) is 0 Å². The third-order valence-electron chi connectivity index (χ3n) is 1.76. The van der Waals surface area contributed by atoms with Crippen molar-refractivity contribution < 1.29 is 18.4 Å². The van der Waals surface area contributed by atoms with Crippen LogP contribution in [-0.4, -0.2) is 17.6 Å². The molecule has 1 aromatic carbocycles. The molecule has 1 aromatic rings. The molecule has 0 unspecified atom stereocenters. The van der Waals surface area contributed by atoms with E-state index < -0.39 is 11.2 Å². The Balaban J connectivity index is 3.31. The van der Waals surface area contributed by atoms with E-state index in [1.54, 1.807) is 18.2 Å². The molecule has 0 aliphatic rings. The van der Waals surface area contributed by atoms with Gasteiger partial charge >= 0.3 is 6.18 Å². The second-order valence-electron chi connectivity index (χ2n) is 2.84. The predicted octanol–water partition coefficient (Wildman–Crippen LogP) is 3.66. The molecule has 0 aliphatic heterocycles. The molecule has 0 radical (unpaired) electrons. The summed E-state index contributed by atoms with van der Waals surface area (Å²) in [7, 11) is 0. The van der Waals surface area contributed by atoms with Crippen molar-refractivity contribution in [3.8, 4) is 0 Å². The lowest BCUT2D eigenvalue weighted by molar-refractivity contribution is -0.0838. The van der Waals surface area contributed by atoms with Crippen LogP contribution in [0.5, 0.6) is 0 Å². The van der Waals surface area contributed by atoms with Crippen LogP contribution in [0.1, 0.15) is 5.56 Å². The van der Waals surface area contributed by atoms with Crippen molar-refractivity contribution in [2.45, 2.75) is 6.18 Å². The molecular weight excluding hydrogens is 243 g/mol. The summed E-state index contributed by atoms with van der Waals surface area (Å²) in [5.74, 6) is 0. The molecule has 1 N–H and O–H groups in total. The number of hydrogen-bond acceptors (Lipinski definition) is 2. The molecule has 0 spiro atoms. The summed E-state index contributed by atoms with van der Waals surface area (Å²) in [6, 6.07) is 7.64. The number of benzene rings is 1. The van der Waals surface area contributed by atoms with Crippen molar-refractivity contribution in [3.05, 3.63) is 40.9 Å². The van der Waals surface area contributed by atoms with Crippen molar-refractivity contribution in [1.29, 1.82) is 0 Å². The van der Waals surface area contributed by atoms with E-state index in [9.17, 15) is 13.2 Å². The van der Waals surface area contributed by atoms with Crippen molar-refractivity contribution in [2.75, 3.05) is 0 Å². The summed E-state index contributed by atoms with van der Waals surface area (Å²) < 4.78 is 37.1. The maximum atomic E-state index is 12.4. The van der Waals surface area contributed by atoms with E-state index in [0.717, 1.165) is 0 Å². The minimum absolute atomic E-state index is 0.225. The lowest BCUT2D eigenvalue weighted by Gasteiger charge is -2.09. The summed E-state index contributed by atoms with van der Waals surface area (Å²) in [4.78, 5) is 0. The number of hydrogen-bond donors (Lipinski definition) is 1. The molecule has 6 heteroatoms. The Kier molecular flexibility index (Phi) is 3.95. The van der Waals surface area contributed by atoms with Crippen LogP contribution in [0.15, 0.2) is 40.5 Å². The molecule has 16 heavy (non-hydrogen) atoms. The van der Waals surface area contributed by atoms with E-state index in [4.69, 9.17) is 16.8 Å². The van der Waals surface area contributed by atoms with Crippen LogP contribution in [0.3, 0.4) is 0 Å². The average molecular weight is 250 g/mol. The van der Waals surface area contributed by atoms with E-state index in [1.165, 1.54) is 12.1 Å². The monoisotopic (exact) mass is 249 g/mol. The SMILES string of the molecule is O/N=C\C(=C(\Cl)C(F)(F)F)c1ccccc1. The van der Waals surface area contributed by atoms with Crippen LogP contribution in [-0.2, 0) is 0 Å². The molecule has 0 amide bonds. The normalized spacial score (nSPS) is 14.0. The lowest BCUT2D eigenvalue weighted by Crippen LogP contribution is -2.10.